The molecular weight excluding hydrogens is 224 g/mol. The van der Waals surface area contributed by atoms with Crippen LogP contribution in [-0.4, -0.2) is 51.3 Å². The fourth-order valence-electron chi connectivity index (χ4n) is 3.53. The van der Waals surface area contributed by atoms with Gasteiger partial charge in [-0.2, -0.15) is 0 Å². The van der Waals surface area contributed by atoms with Crippen LogP contribution in [0.25, 0.3) is 0 Å². The van der Waals surface area contributed by atoms with Crippen molar-refractivity contribution in [3.05, 3.63) is 0 Å². The van der Waals surface area contributed by atoms with Crippen LogP contribution in [0.15, 0.2) is 0 Å². The van der Waals surface area contributed by atoms with E-state index in [0.717, 1.165) is 25.6 Å². The third kappa shape index (κ3) is 4.22. The largest absolute Gasteiger partial charge is 0.383 e. The molecule has 2 unspecified atom stereocenters. The Balaban J connectivity index is 2.57. The number of nitrogens with zero attached hydrogens (tertiary/aromatic N) is 1. The molecule has 0 heterocycles. The van der Waals surface area contributed by atoms with Gasteiger partial charge in [-0.15, -0.1) is 0 Å². The summed E-state index contributed by atoms with van der Waals surface area (Å²) >= 11 is 0. The minimum Gasteiger partial charge on any atom is -0.383 e. The Bertz CT molecular complexity index is 231. The van der Waals surface area contributed by atoms with Gasteiger partial charge >= 0.3 is 0 Å². The van der Waals surface area contributed by atoms with Gasteiger partial charge in [0.15, 0.2) is 0 Å². The quantitative estimate of drug-likeness (QED) is 0.757. The highest BCUT2D eigenvalue weighted by atomic mass is 16.5. The SMILES string of the molecule is CCN(CCOC)CC1CCCC(C)(C)C1NC. The molecule has 0 spiro atoms. The number of likely N-dealkylation sites (N-methyl/N-ethyl adjacent to an activating group) is 1. The Morgan fingerprint density at radius 3 is 2.67 bits per heavy atom. The predicted molar refractivity (Wildman–Crippen MR) is 78.0 cm³/mol. The summed E-state index contributed by atoms with van der Waals surface area (Å²) in [6, 6.07) is 0.642. The van der Waals surface area contributed by atoms with Gasteiger partial charge in [0.25, 0.3) is 0 Å². The zero-order chi connectivity index (χ0) is 13.6. The highest BCUT2D eigenvalue weighted by Crippen LogP contribution is 2.39. The van der Waals surface area contributed by atoms with Gasteiger partial charge in [0, 0.05) is 26.2 Å². The molecule has 0 bridgehead atoms. The maximum absolute atomic E-state index is 5.20. The Kier molecular flexibility index (Phi) is 6.61. The molecule has 1 saturated carbocycles. The molecule has 1 aliphatic carbocycles. The van der Waals surface area contributed by atoms with E-state index in [9.17, 15) is 0 Å². The molecule has 0 aromatic rings. The maximum Gasteiger partial charge on any atom is 0.0589 e. The van der Waals surface area contributed by atoms with Crippen LogP contribution in [0.3, 0.4) is 0 Å². The van der Waals surface area contributed by atoms with E-state index in [1.807, 2.05) is 0 Å². The summed E-state index contributed by atoms with van der Waals surface area (Å²) in [4.78, 5) is 2.53. The molecule has 2 atom stereocenters. The van der Waals surface area contributed by atoms with Crippen molar-refractivity contribution in [2.24, 2.45) is 11.3 Å². The lowest BCUT2D eigenvalue weighted by molar-refractivity contribution is 0.0737. The number of nitrogens with one attached hydrogen (secondary N) is 1. The Morgan fingerprint density at radius 2 is 2.11 bits per heavy atom. The molecule has 0 aliphatic heterocycles. The second-order valence-corrected chi connectivity index (χ2v) is 6.29. The van der Waals surface area contributed by atoms with Gasteiger partial charge < -0.3 is 15.0 Å². The molecule has 1 fully saturated rings. The number of hydrogen-bond acceptors (Lipinski definition) is 3. The van der Waals surface area contributed by atoms with Crippen molar-refractivity contribution in [1.29, 1.82) is 0 Å². The molecule has 0 amide bonds. The standard InChI is InChI=1S/C15H32N2O/c1-6-17(10-11-18-5)12-13-8-7-9-15(2,3)14(13)16-4/h13-14,16H,6-12H2,1-5H3. The van der Waals surface area contributed by atoms with E-state index in [2.05, 4.69) is 38.0 Å². The van der Waals surface area contributed by atoms with E-state index in [1.54, 1.807) is 7.11 Å². The number of hydrogen-bond donors (Lipinski definition) is 1. The van der Waals surface area contributed by atoms with E-state index in [1.165, 1.54) is 25.8 Å². The zero-order valence-electron chi connectivity index (χ0n) is 13.0. The topological polar surface area (TPSA) is 24.5 Å². The summed E-state index contributed by atoms with van der Waals surface area (Å²) < 4.78 is 5.20. The molecule has 1 rings (SSSR count). The second-order valence-electron chi connectivity index (χ2n) is 6.29. The van der Waals surface area contributed by atoms with Crippen LogP contribution in [0.2, 0.25) is 0 Å². The van der Waals surface area contributed by atoms with Crippen molar-refractivity contribution >= 4 is 0 Å². The summed E-state index contributed by atoms with van der Waals surface area (Å²) in [5, 5.41) is 3.57. The van der Waals surface area contributed by atoms with E-state index in [0.29, 0.717) is 11.5 Å². The van der Waals surface area contributed by atoms with E-state index < -0.39 is 0 Å². The third-order valence-corrected chi connectivity index (χ3v) is 4.57. The minimum atomic E-state index is 0.429. The summed E-state index contributed by atoms with van der Waals surface area (Å²) in [5.41, 5.74) is 0.429. The molecule has 0 radical (unpaired) electrons. The van der Waals surface area contributed by atoms with Crippen molar-refractivity contribution in [1.82, 2.24) is 10.2 Å². The minimum absolute atomic E-state index is 0.429. The van der Waals surface area contributed by atoms with Crippen molar-refractivity contribution in [2.45, 2.75) is 46.1 Å². The van der Waals surface area contributed by atoms with E-state index >= 15 is 0 Å². The first-order valence-electron chi connectivity index (χ1n) is 7.43. The fraction of sp³-hybridized carbons (Fsp3) is 1.00. The highest BCUT2D eigenvalue weighted by molar-refractivity contribution is 4.93. The molecule has 0 aromatic heterocycles. The van der Waals surface area contributed by atoms with Crippen molar-refractivity contribution < 1.29 is 4.74 Å². The van der Waals surface area contributed by atoms with Crippen LogP contribution in [0.5, 0.6) is 0 Å². The molecule has 108 valence electrons. The van der Waals surface area contributed by atoms with Crippen LogP contribution in [0.4, 0.5) is 0 Å². The van der Waals surface area contributed by atoms with Gasteiger partial charge in [-0.25, -0.2) is 0 Å². The average Bonchev–Trinajstić information content (AvgIpc) is 2.33. The highest BCUT2D eigenvalue weighted by Gasteiger charge is 2.38. The van der Waals surface area contributed by atoms with Gasteiger partial charge in [0.05, 0.1) is 6.61 Å². The maximum atomic E-state index is 5.20. The third-order valence-electron chi connectivity index (χ3n) is 4.57. The lowest BCUT2D eigenvalue weighted by Gasteiger charge is -2.45. The van der Waals surface area contributed by atoms with Gasteiger partial charge in [0.1, 0.15) is 0 Å². The molecular formula is C15H32N2O. The smallest absolute Gasteiger partial charge is 0.0589 e. The molecule has 0 aromatic carbocycles. The molecule has 1 N–H and O–H groups in total. The first-order chi connectivity index (χ1) is 8.55. The molecule has 18 heavy (non-hydrogen) atoms. The predicted octanol–water partition coefficient (Wildman–Crippen LogP) is 2.37. The van der Waals surface area contributed by atoms with Crippen LogP contribution in [0.1, 0.15) is 40.0 Å². The van der Waals surface area contributed by atoms with Crippen LogP contribution in [-0.2, 0) is 4.74 Å². The molecule has 0 saturated heterocycles. The van der Waals surface area contributed by atoms with Crippen LogP contribution >= 0.6 is 0 Å². The van der Waals surface area contributed by atoms with Crippen LogP contribution < -0.4 is 5.32 Å². The first-order valence-corrected chi connectivity index (χ1v) is 7.43. The van der Waals surface area contributed by atoms with E-state index in [-0.39, 0.29) is 0 Å². The normalized spacial score (nSPS) is 27.7. The molecule has 3 nitrogen and oxygen atoms in total. The fourth-order valence-corrected chi connectivity index (χ4v) is 3.53. The summed E-state index contributed by atoms with van der Waals surface area (Å²) in [7, 11) is 3.91. The Morgan fingerprint density at radius 1 is 1.39 bits per heavy atom. The van der Waals surface area contributed by atoms with Gasteiger partial charge in [-0.3, -0.25) is 0 Å². The molecule has 3 heteroatoms. The van der Waals surface area contributed by atoms with Gasteiger partial charge in [-0.1, -0.05) is 27.2 Å². The first kappa shape index (κ1) is 15.9. The number of ether oxygens (including phenoxy) is 1. The summed E-state index contributed by atoms with van der Waals surface area (Å²) in [6.45, 7) is 11.3. The molecule has 1 aliphatic rings. The monoisotopic (exact) mass is 256 g/mol. The van der Waals surface area contributed by atoms with Crippen molar-refractivity contribution in [3.63, 3.8) is 0 Å². The zero-order valence-corrected chi connectivity index (χ0v) is 13.0. The lowest BCUT2D eigenvalue weighted by atomic mass is 9.68. The van der Waals surface area contributed by atoms with Gasteiger partial charge in [-0.05, 0) is 37.8 Å². The average molecular weight is 256 g/mol. The second kappa shape index (κ2) is 7.46. The summed E-state index contributed by atoms with van der Waals surface area (Å²) in [5.74, 6) is 0.774. The van der Waals surface area contributed by atoms with Gasteiger partial charge in [0.2, 0.25) is 0 Å². The van der Waals surface area contributed by atoms with E-state index in [4.69, 9.17) is 4.74 Å². The summed E-state index contributed by atoms with van der Waals surface area (Å²) in [6.07, 6.45) is 4.08. The van der Waals surface area contributed by atoms with Crippen molar-refractivity contribution in [3.8, 4) is 0 Å². The lowest BCUT2D eigenvalue weighted by Crippen LogP contribution is -2.51. The number of rotatable bonds is 7. The van der Waals surface area contributed by atoms with Crippen LogP contribution in [0, 0.1) is 11.3 Å². The Labute approximate surface area is 113 Å². The number of methoxy groups -OCH3 is 1. The Hall–Kier alpha value is -0.120. The van der Waals surface area contributed by atoms with Crippen molar-refractivity contribution in [2.75, 3.05) is 40.4 Å².